The van der Waals surface area contributed by atoms with Crippen LogP contribution >= 0.6 is 0 Å². The molecule has 3 N–H and O–H groups in total. The van der Waals surface area contributed by atoms with Crippen molar-refractivity contribution in [1.82, 2.24) is 29.9 Å². The molecule has 0 spiro atoms. The van der Waals surface area contributed by atoms with E-state index >= 15 is 0 Å². The molecule has 36 heavy (non-hydrogen) atoms. The first-order chi connectivity index (χ1) is 17.2. The number of piperazine rings is 1. The summed E-state index contributed by atoms with van der Waals surface area (Å²) in [4.78, 5) is 18.2. The van der Waals surface area contributed by atoms with E-state index in [0.29, 0.717) is 17.4 Å². The highest BCUT2D eigenvalue weighted by molar-refractivity contribution is 5.91. The third kappa shape index (κ3) is 5.52. The molecule has 0 radical (unpaired) electrons. The van der Waals surface area contributed by atoms with Crippen molar-refractivity contribution in [2.75, 3.05) is 32.7 Å². The SMILES string of the molecule is CCN1CCN(C2CCC(n3c(C(=O)NC(C)C)nnc3-c3cc(C(C)C)c(O)cc3O)CC2)CC1. The number of aromatic nitrogens is 3. The normalized spacial score (nSPS) is 21.9. The van der Waals surface area contributed by atoms with E-state index in [1.807, 2.05) is 32.3 Å². The first-order valence-corrected chi connectivity index (χ1v) is 13.5. The second-order valence-electron chi connectivity index (χ2n) is 10.9. The number of phenols is 2. The molecule has 2 aromatic rings. The van der Waals surface area contributed by atoms with E-state index in [9.17, 15) is 15.0 Å². The van der Waals surface area contributed by atoms with E-state index in [-0.39, 0.29) is 41.2 Å². The second-order valence-corrected chi connectivity index (χ2v) is 10.9. The van der Waals surface area contributed by atoms with Crippen molar-refractivity contribution < 1.29 is 15.0 Å². The van der Waals surface area contributed by atoms with Gasteiger partial charge in [-0.3, -0.25) is 14.3 Å². The largest absolute Gasteiger partial charge is 0.508 e. The second kappa shape index (κ2) is 11.2. The first-order valence-electron chi connectivity index (χ1n) is 13.5. The van der Waals surface area contributed by atoms with Gasteiger partial charge in [-0.05, 0) is 63.6 Å². The minimum atomic E-state index is -0.260. The maximum Gasteiger partial charge on any atom is 0.289 e. The van der Waals surface area contributed by atoms with Crippen LogP contribution in [0, 0.1) is 0 Å². The van der Waals surface area contributed by atoms with Gasteiger partial charge in [0.15, 0.2) is 5.82 Å². The van der Waals surface area contributed by atoms with Crippen LogP contribution in [0.1, 0.15) is 88.4 Å². The van der Waals surface area contributed by atoms with Gasteiger partial charge >= 0.3 is 0 Å². The average Bonchev–Trinajstić information content (AvgIpc) is 3.28. The molecule has 1 aliphatic carbocycles. The fourth-order valence-corrected chi connectivity index (χ4v) is 5.66. The van der Waals surface area contributed by atoms with Gasteiger partial charge in [-0.1, -0.05) is 20.8 Å². The fraction of sp³-hybridized carbons (Fsp3) is 0.667. The number of amides is 1. The number of likely N-dealkylation sites (N-methyl/N-ethyl adjacent to an activating group) is 1. The predicted molar refractivity (Wildman–Crippen MR) is 140 cm³/mol. The van der Waals surface area contributed by atoms with Crippen LogP contribution in [-0.4, -0.2) is 85.5 Å². The van der Waals surface area contributed by atoms with Gasteiger partial charge in [-0.2, -0.15) is 0 Å². The molecular formula is C27H42N6O3. The molecule has 1 amide bonds. The Morgan fingerprint density at radius 2 is 1.61 bits per heavy atom. The van der Waals surface area contributed by atoms with E-state index < -0.39 is 0 Å². The summed E-state index contributed by atoms with van der Waals surface area (Å²) in [7, 11) is 0. The molecule has 1 aromatic heterocycles. The van der Waals surface area contributed by atoms with E-state index in [1.165, 1.54) is 6.07 Å². The van der Waals surface area contributed by atoms with E-state index in [4.69, 9.17) is 0 Å². The van der Waals surface area contributed by atoms with Gasteiger partial charge in [0.1, 0.15) is 11.5 Å². The van der Waals surface area contributed by atoms with Crippen LogP contribution in [0.5, 0.6) is 11.5 Å². The monoisotopic (exact) mass is 498 g/mol. The van der Waals surface area contributed by atoms with Crippen LogP contribution in [0.25, 0.3) is 11.4 Å². The molecule has 2 aliphatic rings. The number of benzene rings is 1. The summed E-state index contributed by atoms with van der Waals surface area (Å²) in [5, 5.41) is 32.8. The van der Waals surface area contributed by atoms with Crippen molar-refractivity contribution in [2.24, 2.45) is 0 Å². The number of phenolic OH excluding ortho intramolecular Hbond substituents is 2. The molecule has 0 bridgehead atoms. The summed E-state index contributed by atoms with van der Waals surface area (Å²) >= 11 is 0. The quantitative estimate of drug-likeness (QED) is 0.534. The number of carbonyl (C=O) groups is 1. The van der Waals surface area contributed by atoms with Crippen molar-refractivity contribution in [1.29, 1.82) is 0 Å². The summed E-state index contributed by atoms with van der Waals surface area (Å²) in [6, 6.07) is 3.73. The predicted octanol–water partition coefficient (Wildman–Crippen LogP) is 3.74. The molecule has 0 atom stereocenters. The molecule has 1 aromatic carbocycles. The number of hydrogen-bond acceptors (Lipinski definition) is 7. The highest BCUT2D eigenvalue weighted by Gasteiger charge is 2.33. The molecule has 0 unspecified atom stereocenters. The van der Waals surface area contributed by atoms with Crippen LogP contribution in [0.15, 0.2) is 12.1 Å². The Bertz CT molecular complexity index is 1050. The Hall–Kier alpha value is -2.65. The zero-order valence-corrected chi connectivity index (χ0v) is 22.4. The topological polar surface area (TPSA) is 107 Å². The van der Waals surface area contributed by atoms with Crippen molar-refractivity contribution >= 4 is 5.91 Å². The smallest absolute Gasteiger partial charge is 0.289 e. The van der Waals surface area contributed by atoms with E-state index in [1.54, 1.807) is 6.07 Å². The molecule has 2 heterocycles. The summed E-state index contributed by atoms with van der Waals surface area (Å²) in [6.45, 7) is 15.6. The van der Waals surface area contributed by atoms with Crippen molar-refractivity contribution in [2.45, 2.75) is 84.3 Å². The van der Waals surface area contributed by atoms with Crippen molar-refractivity contribution in [3.63, 3.8) is 0 Å². The number of aromatic hydroxyl groups is 2. The van der Waals surface area contributed by atoms with Crippen LogP contribution in [0.4, 0.5) is 0 Å². The summed E-state index contributed by atoms with van der Waals surface area (Å²) < 4.78 is 1.93. The third-order valence-electron chi connectivity index (χ3n) is 7.73. The highest BCUT2D eigenvalue weighted by Crippen LogP contribution is 2.40. The maximum absolute atomic E-state index is 13.1. The Balaban J connectivity index is 1.63. The molecule has 1 saturated carbocycles. The van der Waals surface area contributed by atoms with Crippen LogP contribution in [0.2, 0.25) is 0 Å². The van der Waals surface area contributed by atoms with Gasteiger partial charge in [0, 0.05) is 50.4 Å². The summed E-state index contributed by atoms with van der Waals surface area (Å²) in [6.07, 6.45) is 3.94. The Morgan fingerprint density at radius 1 is 0.972 bits per heavy atom. The first kappa shape index (κ1) is 26.4. The van der Waals surface area contributed by atoms with Crippen LogP contribution in [0.3, 0.4) is 0 Å². The lowest BCUT2D eigenvalue weighted by Gasteiger charge is -2.42. The van der Waals surface area contributed by atoms with Crippen molar-refractivity contribution in [3.8, 4) is 22.9 Å². The van der Waals surface area contributed by atoms with Crippen LogP contribution < -0.4 is 5.32 Å². The lowest BCUT2D eigenvalue weighted by Crippen LogP contribution is -2.51. The molecule has 4 rings (SSSR count). The van der Waals surface area contributed by atoms with Gasteiger partial charge in [-0.25, -0.2) is 0 Å². The van der Waals surface area contributed by atoms with Gasteiger partial charge in [-0.15, -0.1) is 10.2 Å². The van der Waals surface area contributed by atoms with Gasteiger partial charge in [0.2, 0.25) is 5.82 Å². The number of carbonyl (C=O) groups excluding carboxylic acids is 1. The van der Waals surface area contributed by atoms with E-state index in [2.05, 4.69) is 32.2 Å². The Morgan fingerprint density at radius 3 is 2.19 bits per heavy atom. The van der Waals surface area contributed by atoms with Crippen LogP contribution in [-0.2, 0) is 0 Å². The van der Waals surface area contributed by atoms with Gasteiger partial charge in [0.25, 0.3) is 5.91 Å². The molecular weight excluding hydrogens is 456 g/mol. The molecule has 198 valence electrons. The number of nitrogens with zero attached hydrogens (tertiary/aromatic N) is 5. The Labute approximate surface area is 214 Å². The maximum atomic E-state index is 13.1. The van der Waals surface area contributed by atoms with Gasteiger partial charge < -0.3 is 20.4 Å². The zero-order valence-electron chi connectivity index (χ0n) is 22.4. The minimum absolute atomic E-state index is 0.0294. The standard InChI is InChI=1S/C27H42N6O3/c1-6-31-11-13-32(14-12-31)19-7-9-20(10-8-19)33-25(29-30-26(33)27(36)28-18(4)5)22-15-21(17(2)3)23(34)16-24(22)35/h15-20,34-35H,6-14H2,1-5H3,(H,28,36). The molecule has 1 aliphatic heterocycles. The number of hydrogen-bond donors (Lipinski definition) is 3. The zero-order chi connectivity index (χ0) is 26.0. The van der Waals surface area contributed by atoms with Crippen molar-refractivity contribution in [3.05, 3.63) is 23.5 Å². The molecule has 9 nitrogen and oxygen atoms in total. The lowest BCUT2D eigenvalue weighted by atomic mass is 9.89. The summed E-state index contributed by atoms with van der Waals surface area (Å²) in [5.41, 5.74) is 1.21. The highest BCUT2D eigenvalue weighted by atomic mass is 16.3. The average molecular weight is 499 g/mol. The third-order valence-corrected chi connectivity index (χ3v) is 7.73. The number of rotatable bonds is 7. The molecule has 9 heteroatoms. The molecule has 1 saturated heterocycles. The number of nitrogens with one attached hydrogen (secondary N) is 1. The molecule has 2 fully saturated rings. The fourth-order valence-electron chi connectivity index (χ4n) is 5.66. The van der Waals surface area contributed by atoms with Gasteiger partial charge in [0.05, 0.1) is 5.56 Å². The Kier molecular flexibility index (Phi) is 8.20. The van der Waals surface area contributed by atoms with E-state index in [0.717, 1.165) is 64.0 Å². The lowest BCUT2D eigenvalue weighted by molar-refractivity contribution is 0.0732. The minimum Gasteiger partial charge on any atom is -0.508 e. The summed E-state index contributed by atoms with van der Waals surface area (Å²) in [5.74, 6) is 0.542.